The summed E-state index contributed by atoms with van der Waals surface area (Å²) in [6.45, 7) is 8.98. The monoisotopic (exact) mass is 396 g/mol. The molecule has 2 aromatic heterocycles. The molecule has 0 N–H and O–H groups in total. The van der Waals surface area contributed by atoms with Gasteiger partial charge in [0.25, 0.3) is 0 Å². The van der Waals surface area contributed by atoms with Gasteiger partial charge in [0.05, 0.1) is 6.54 Å². The predicted octanol–water partition coefficient (Wildman–Crippen LogP) is 2.70. The Morgan fingerprint density at radius 2 is 2.00 bits per heavy atom. The van der Waals surface area contributed by atoms with Crippen LogP contribution in [0.1, 0.15) is 57.1 Å². The molecule has 4 heterocycles. The van der Waals surface area contributed by atoms with E-state index < -0.39 is 0 Å². The fourth-order valence-electron chi connectivity index (χ4n) is 4.71. The summed E-state index contributed by atoms with van der Waals surface area (Å²) in [7, 11) is 0. The van der Waals surface area contributed by atoms with Crippen LogP contribution in [-0.4, -0.2) is 61.6 Å². The molecule has 156 valence electrons. The highest BCUT2D eigenvalue weighted by molar-refractivity contribution is 5.77. The van der Waals surface area contributed by atoms with Crippen molar-refractivity contribution in [2.24, 2.45) is 5.41 Å². The van der Waals surface area contributed by atoms with Crippen LogP contribution in [0.2, 0.25) is 0 Å². The Hall–Kier alpha value is -2.28. The Kier molecular flexibility index (Phi) is 5.94. The summed E-state index contributed by atoms with van der Waals surface area (Å²) in [5.74, 6) is 1.35. The van der Waals surface area contributed by atoms with Crippen LogP contribution >= 0.6 is 0 Å². The van der Waals surface area contributed by atoms with Gasteiger partial charge >= 0.3 is 0 Å². The van der Waals surface area contributed by atoms with Crippen LogP contribution in [0.15, 0.2) is 30.7 Å². The molecule has 29 heavy (non-hydrogen) atoms. The molecule has 0 bridgehead atoms. The zero-order valence-electron chi connectivity index (χ0n) is 17.6. The smallest absolute Gasteiger partial charge is 0.222 e. The molecule has 2 aromatic rings. The Morgan fingerprint density at radius 3 is 2.72 bits per heavy atom. The molecule has 1 spiro atoms. The molecule has 2 fully saturated rings. The lowest BCUT2D eigenvalue weighted by molar-refractivity contribution is -0.139. The standard InChI is InChI=1S/C22H32N6O/c1-18(2)28-17-24-25-20(28)15-26-13-9-22(10-14-26)8-6-21(29)27(16-22)12-7-19-5-3-4-11-23-19/h3-5,11,17-18H,6-10,12-16H2,1-2H3. The van der Waals surface area contributed by atoms with Crippen LogP contribution in [0, 0.1) is 5.41 Å². The summed E-state index contributed by atoms with van der Waals surface area (Å²) in [5.41, 5.74) is 1.34. The van der Waals surface area contributed by atoms with Crippen LogP contribution in [-0.2, 0) is 17.8 Å². The van der Waals surface area contributed by atoms with Gasteiger partial charge in [-0.25, -0.2) is 0 Å². The number of carbonyl (C=O) groups excluding carboxylic acids is 1. The average Bonchev–Trinajstić information content (AvgIpc) is 3.20. The fourth-order valence-corrected chi connectivity index (χ4v) is 4.71. The molecule has 0 radical (unpaired) electrons. The fraction of sp³-hybridized carbons (Fsp3) is 0.636. The first kappa shape index (κ1) is 20.0. The van der Waals surface area contributed by atoms with Crippen molar-refractivity contribution in [2.75, 3.05) is 26.2 Å². The van der Waals surface area contributed by atoms with Crippen molar-refractivity contribution in [3.63, 3.8) is 0 Å². The van der Waals surface area contributed by atoms with Gasteiger partial charge in [-0.15, -0.1) is 10.2 Å². The van der Waals surface area contributed by atoms with Crippen molar-refractivity contribution in [1.82, 2.24) is 29.5 Å². The molecule has 2 aliphatic heterocycles. The van der Waals surface area contributed by atoms with Crippen molar-refractivity contribution in [2.45, 2.75) is 58.5 Å². The van der Waals surface area contributed by atoms with Gasteiger partial charge in [0, 0.05) is 43.9 Å². The number of carbonyl (C=O) groups is 1. The van der Waals surface area contributed by atoms with Crippen molar-refractivity contribution in [1.29, 1.82) is 0 Å². The maximum atomic E-state index is 12.5. The number of pyridine rings is 1. The lowest BCUT2D eigenvalue weighted by Gasteiger charge is -2.47. The highest BCUT2D eigenvalue weighted by Crippen LogP contribution is 2.40. The van der Waals surface area contributed by atoms with Gasteiger partial charge in [-0.05, 0) is 63.7 Å². The second-order valence-corrected chi connectivity index (χ2v) is 8.91. The summed E-state index contributed by atoms with van der Waals surface area (Å²) in [5, 5.41) is 8.42. The number of nitrogens with zero attached hydrogens (tertiary/aromatic N) is 6. The summed E-state index contributed by atoms with van der Waals surface area (Å²) >= 11 is 0. The Labute approximate surface area is 173 Å². The summed E-state index contributed by atoms with van der Waals surface area (Å²) in [6.07, 6.45) is 8.50. The summed E-state index contributed by atoms with van der Waals surface area (Å²) in [6, 6.07) is 6.37. The van der Waals surface area contributed by atoms with Crippen LogP contribution in [0.3, 0.4) is 0 Å². The van der Waals surface area contributed by atoms with E-state index in [1.165, 1.54) is 0 Å². The molecule has 2 saturated heterocycles. The number of amides is 1. The second-order valence-electron chi connectivity index (χ2n) is 8.91. The topological polar surface area (TPSA) is 67.2 Å². The van der Waals surface area contributed by atoms with E-state index in [4.69, 9.17) is 0 Å². The Morgan fingerprint density at radius 1 is 1.17 bits per heavy atom. The first-order valence-electron chi connectivity index (χ1n) is 10.8. The first-order valence-corrected chi connectivity index (χ1v) is 10.8. The van der Waals surface area contributed by atoms with Gasteiger partial charge in [-0.1, -0.05) is 6.07 Å². The van der Waals surface area contributed by atoms with Gasteiger partial charge in [-0.2, -0.15) is 0 Å². The molecule has 2 aliphatic rings. The van der Waals surface area contributed by atoms with Crippen molar-refractivity contribution in [3.8, 4) is 0 Å². The molecule has 7 nitrogen and oxygen atoms in total. The minimum absolute atomic E-state index is 0.278. The minimum Gasteiger partial charge on any atom is -0.342 e. The lowest BCUT2D eigenvalue weighted by atomic mass is 9.72. The van der Waals surface area contributed by atoms with E-state index in [1.54, 1.807) is 0 Å². The maximum Gasteiger partial charge on any atom is 0.222 e. The largest absolute Gasteiger partial charge is 0.342 e. The number of hydrogen-bond donors (Lipinski definition) is 0. The van der Waals surface area contributed by atoms with Gasteiger partial charge < -0.3 is 9.47 Å². The number of hydrogen-bond acceptors (Lipinski definition) is 5. The molecule has 0 atom stereocenters. The third-order valence-corrected chi connectivity index (χ3v) is 6.60. The predicted molar refractivity (Wildman–Crippen MR) is 111 cm³/mol. The molecular formula is C22H32N6O. The molecule has 0 saturated carbocycles. The van der Waals surface area contributed by atoms with Crippen molar-refractivity contribution >= 4 is 5.91 Å². The number of piperidine rings is 2. The van der Waals surface area contributed by atoms with E-state index in [0.29, 0.717) is 18.4 Å². The number of aromatic nitrogens is 4. The SMILES string of the molecule is CC(C)n1cnnc1CN1CCC2(CCC(=O)N(CCc3ccccn3)C2)CC1. The molecule has 0 aliphatic carbocycles. The van der Waals surface area contributed by atoms with E-state index in [9.17, 15) is 4.79 Å². The Bertz CT molecular complexity index is 810. The molecule has 1 amide bonds. The number of likely N-dealkylation sites (tertiary alicyclic amines) is 2. The van der Waals surface area contributed by atoms with Gasteiger partial charge in [-0.3, -0.25) is 14.7 Å². The molecule has 0 aromatic carbocycles. The van der Waals surface area contributed by atoms with Gasteiger partial charge in [0.2, 0.25) is 5.91 Å². The third-order valence-electron chi connectivity index (χ3n) is 6.60. The zero-order chi connectivity index (χ0) is 20.3. The average molecular weight is 397 g/mol. The highest BCUT2D eigenvalue weighted by Gasteiger charge is 2.40. The van der Waals surface area contributed by atoms with Crippen LogP contribution < -0.4 is 0 Å². The van der Waals surface area contributed by atoms with Crippen molar-refractivity contribution in [3.05, 3.63) is 42.2 Å². The maximum absolute atomic E-state index is 12.5. The van der Waals surface area contributed by atoms with Gasteiger partial charge in [0.15, 0.2) is 0 Å². The normalized spacial score (nSPS) is 20.0. The van der Waals surface area contributed by atoms with E-state index >= 15 is 0 Å². The minimum atomic E-state index is 0.278. The van der Waals surface area contributed by atoms with Gasteiger partial charge in [0.1, 0.15) is 12.2 Å². The zero-order valence-corrected chi connectivity index (χ0v) is 17.6. The van der Waals surface area contributed by atoms with E-state index in [0.717, 1.165) is 69.9 Å². The lowest BCUT2D eigenvalue weighted by Crippen LogP contribution is -2.51. The third kappa shape index (κ3) is 4.66. The van der Waals surface area contributed by atoms with E-state index in [-0.39, 0.29) is 5.41 Å². The van der Waals surface area contributed by atoms with E-state index in [2.05, 4.69) is 43.4 Å². The Balaban J connectivity index is 1.32. The van der Waals surface area contributed by atoms with Crippen LogP contribution in [0.5, 0.6) is 0 Å². The molecule has 0 unspecified atom stereocenters. The molecule has 4 rings (SSSR count). The molecule has 7 heteroatoms. The second kappa shape index (κ2) is 8.61. The van der Waals surface area contributed by atoms with E-state index in [1.807, 2.05) is 30.7 Å². The molecular weight excluding hydrogens is 364 g/mol. The number of rotatable bonds is 6. The summed E-state index contributed by atoms with van der Waals surface area (Å²) < 4.78 is 2.16. The quantitative estimate of drug-likeness (QED) is 0.751. The highest BCUT2D eigenvalue weighted by atomic mass is 16.2. The summed E-state index contributed by atoms with van der Waals surface area (Å²) in [4.78, 5) is 21.5. The van der Waals surface area contributed by atoms with Crippen LogP contribution in [0.25, 0.3) is 0 Å². The van der Waals surface area contributed by atoms with Crippen molar-refractivity contribution < 1.29 is 4.79 Å². The first-order chi connectivity index (χ1) is 14.0. The van der Waals surface area contributed by atoms with Crippen LogP contribution in [0.4, 0.5) is 0 Å².